The first-order valence-electron chi connectivity index (χ1n) is 7.10. The van der Waals surface area contributed by atoms with E-state index >= 15 is 0 Å². The molecule has 2 aromatic carbocycles. The molecule has 21 heavy (non-hydrogen) atoms. The molecule has 0 saturated carbocycles. The van der Waals surface area contributed by atoms with Gasteiger partial charge in [0.2, 0.25) is 0 Å². The minimum atomic E-state index is -0.132. The second-order valence-corrected chi connectivity index (χ2v) is 5.17. The van der Waals surface area contributed by atoms with Crippen molar-refractivity contribution in [2.45, 2.75) is 26.4 Å². The van der Waals surface area contributed by atoms with E-state index in [4.69, 9.17) is 9.84 Å². The Labute approximate surface area is 126 Å². The maximum absolute atomic E-state index is 8.71. The van der Waals surface area contributed by atoms with Gasteiger partial charge in [-0.05, 0) is 35.2 Å². The molecule has 2 heteroatoms. The molecule has 2 aromatic rings. The quantitative estimate of drug-likeness (QED) is 0.865. The van der Waals surface area contributed by atoms with Crippen LogP contribution < -0.4 is 4.74 Å². The molecule has 0 aromatic heterocycles. The topological polar surface area (TPSA) is 29.5 Å². The van der Waals surface area contributed by atoms with Crippen molar-refractivity contribution in [3.63, 3.8) is 0 Å². The largest absolute Gasteiger partial charge is 0.489 e. The first-order chi connectivity index (χ1) is 10.2. The van der Waals surface area contributed by atoms with Gasteiger partial charge >= 0.3 is 0 Å². The zero-order valence-electron chi connectivity index (χ0n) is 12.5. The second-order valence-electron chi connectivity index (χ2n) is 5.17. The van der Waals surface area contributed by atoms with Gasteiger partial charge in [0.25, 0.3) is 0 Å². The second kappa shape index (κ2) is 7.52. The molecule has 0 saturated heterocycles. The zero-order valence-corrected chi connectivity index (χ0v) is 12.5. The highest BCUT2D eigenvalue weighted by Gasteiger charge is 2.00. The molecule has 0 unspecified atom stereocenters. The zero-order chi connectivity index (χ0) is 15.1. The molecule has 0 radical (unpaired) electrons. The highest BCUT2D eigenvalue weighted by Crippen LogP contribution is 2.17. The van der Waals surface area contributed by atoms with Crippen molar-refractivity contribution in [3.8, 4) is 17.6 Å². The smallest absolute Gasteiger partial charge is 0.121 e. The van der Waals surface area contributed by atoms with E-state index in [0.29, 0.717) is 12.5 Å². The van der Waals surface area contributed by atoms with E-state index in [2.05, 4.69) is 50.0 Å². The van der Waals surface area contributed by atoms with Gasteiger partial charge in [-0.15, -0.1) is 0 Å². The fourth-order valence-corrected chi connectivity index (χ4v) is 1.97. The number of ether oxygens (including phenoxy) is 1. The van der Waals surface area contributed by atoms with E-state index in [9.17, 15) is 0 Å². The molecule has 0 amide bonds. The summed E-state index contributed by atoms with van der Waals surface area (Å²) in [5.41, 5.74) is 3.32. The van der Waals surface area contributed by atoms with Gasteiger partial charge in [0.15, 0.2) is 0 Å². The summed E-state index contributed by atoms with van der Waals surface area (Å²) in [5.74, 6) is 6.83. The van der Waals surface area contributed by atoms with Crippen molar-refractivity contribution in [1.82, 2.24) is 0 Å². The molecule has 2 nitrogen and oxygen atoms in total. The van der Waals surface area contributed by atoms with E-state index in [1.807, 2.05) is 24.3 Å². The van der Waals surface area contributed by atoms with Crippen LogP contribution in [0.15, 0.2) is 48.5 Å². The van der Waals surface area contributed by atoms with Gasteiger partial charge < -0.3 is 9.84 Å². The Morgan fingerprint density at radius 1 is 1.10 bits per heavy atom. The summed E-state index contributed by atoms with van der Waals surface area (Å²) in [5, 5.41) is 8.71. The number of benzene rings is 2. The van der Waals surface area contributed by atoms with Crippen LogP contribution in [-0.4, -0.2) is 11.7 Å². The Kier molecular flexibility index (Phi) is 5.43. The molecule has 0 fully saturated rings. The molecule has 0 heterocycles. The fraction of sp³-hybridized carbons (Fsp3) is 0.263. The number of aliphatic hydroxyl groups excluding tert-OH is 1. The summed E-state index contributed by atoms with van der Waals surface area (Å²) < 4.78 is 5.78. The third-order valence-corrected chi connectivity index (χ3v) is 3.20. The Hall–Kier alpha value is -2.24. The third kappa shape index (κ3) is 4.66. The lowest BCUT2D eigenvalue weighted by Crippen LogP contribution is -1.96. The van der Waals surface area contributed by atoms with Crippen LogP contribution in [-0.2, 0) is 6.61 Å². The molecule has 0 bridgehead atoms. The van der Waals surface area contributed by atoms with Crippen molar-refractivity contribution in [2.24, 2.45) is 0 Å². The van der Waals surface area contributed by atoms with Crippen molar-refractivity contribution in [3.05, 3.63) is 65.2 Å². The molecule has 0 aliphatic carbocycles. The van der Waals surface area contributed by atoms with Crippen molar-refractivity contribution in [1.29, 1.82) is 0 Å². The predicted octanol–water partition coefficient (Wildman–Crippen LogP) is 3.73. The summed E-state index contributed by atoms with van der Waals surface area (Å²) in [4.78, 5) is 0. The maximum Gasteiger partial charge on any atom is 0.121 e. The van der Waals surface area contributed by atoms with Crippen LogP contribution in [0.2, 0.25) is 0 Å². The van der Waals surface area contributed by atoms with Crippen LogP contribution in [0.4, 0.5) is 0 Å². The normalized spacial score (nSPS) is 10.1. The summed E-state index contributed by atoms with van der Waals surface area (Å²) >= 11 is 0. The van der Waals surface area contributed by atoms with E-state index in [1.165, 1.54) is 5.56 Å². The standard InChI is InChI=1S/C19H20O2/c1-15(2)18-10-8-17(9-11-18)14-21-19-7-3-5-16(13-19)6-4-12-20/h3,5,7-11,13,15,20H,12,14H2,1-2H3. The average molecular weight is 280 g/mol. The lowest BCUT2D eigenvalue weighted by molar-refractivity contribution is 0.306. The first-order valence-corrected chi connectivity index (χ1v) is 7.10. The van der Waals surface area contributed by atoms with Crippen LogP contribution in [0.25, 0.3) is 0 Å². The average Bonchev–Trinajstić information content (AvgIpc) is 2.52. The molecule has 108 valence electrons. The summed E-state index contributed by atoms with van der Waals surface area (Å²) in [6, 6.07) is 16.1. The van der Waals surface area contributed by atoms with Gasteiger partial charge in [0, 0.05) is 5.56 Å². The summed E-state index contributed by atoms with van der Waals surface area (Å²) in [6.07, 6.45) is 0. The molecule has 0 aliphatic rings. The van der Waals surface area contributed by atoms with Crippen LogP contribution in [0.3, 0.4) is 0 Å². The Morgan fingerprint density at radius 3 is 2.52 bits per heavy atom. The number of hydrogen-bond acceptors (Lipinski definition) is 2. The lowest BCUT2D eigenvalue weighted by atomic mass is 10.0. The first kappa shape index (κ1) is 15.2. The number of aliphatic hydroxyl groups is 1. The van der Waals surface area contributed by atoms with Gasteiger partial charge in [-0.1, -0.05) is 56.0 Å². The van der Waals surface area contributed by atoms with Gasteiger partial charge in [-0.3, -0.25) is 0 Å². The molecule has 2 rings (SSSR count). The minimum absolute atomic E-state index is 0.132. The Morgan fingerprint density at radius 2 is 1.86 bits per heavy atom. The van der Waals surface area contributed by atoms with E-state index in [0.717, 1.165) is 16.9 Å². The van der Waals surface area contributed by atoms with E-state index in [-0.39, 0.29) is 6.61 Å². The summed E-state index contributed by atoms with van der Waals surface area (Å²) in [7, 11) is 0. The van der Waals surface area contributed by atoms with E-state index < -0.39 is 0 Å². The molecule has 1 N–H and O–H groups in total. The highest BCUT2D eigenvalue weighted by atomic mass is 16.5. The van der Waals surface area contributed by atoms with Crippen LogP contribution >= 0.6 is 0 Å². The molecular formula is C19H20O2. The number of hydrogen-bond donors (Lipinski definition) is 1. The van der Waals surface area contributed by atoms with Crippen molar-refractivity contribution in [2.75, 3.05) is 6.61 Å². The molecular weight excluding hydrogens is 260 g/mol. The van der Waals surface area contributed by atoms with Gasteiger partial charge in [0.05, 0.1) is 0 Å². The van der Waals surface area contributed by atoms with Gasteiger partial charge in [-0.25, -0.2) is 0 Å². The minimum Gasteiger partial charge on any atom is -0.489 e. The lowest BCUT2D eigenvalue weighted by Gasteiger charge is -2.09. The van der Waals surface area contributed by atoms with Crippen LogP contribution in [0, 0.1) is 11.8 Å². The van der Waals surface area contributed by atoms with E-state index in [1.54, 1.807) is 0 Å². The molecule has 0 aliphatic heterocycles. The molecule has 0 spiro atoms. The maximum atomic E-state index is 8.71. The number of rotatable bonds is 4. The predicted molar refractivity (Wildman–Crippen MR) is 85.3 cm³/mol. The van der Waals surface area contributed by atoms with Crippen molar-refractivity contribution >= 4 is 0 Å². The third-order valence-electron chi connectivity index (χ3n) is 3.20. The van der Waals surface area contributed by atoms with Gasteiger partial charge in [-0.2, -0.15) is 0 Å². The molecule has 0 atom stereocenters. The highest BCUT2D eigenvalue weighted by molar-refractivity contribution is 5.40. The fourth-order valence-electron chi connectivity index (χ4n) is 1.97. The van der Waals surface area contributed by atoms with Crippen LogP contribution in [0.1, 0.15) is 36.5 Å². The summed E-state index contributed by atoms with van der Waals surface area (Å²) in [6.45, 7) is 4.78. The van der Waals surface area contributed by atoms with Crippen LogP contribution in [0.5, 0.6) is 5.75 Å². The monoisotopic (exact) mass is 280 g/mol. The Balaban J connectivity index is 1.99. The van der Waals surface area contributed by atoms with Gasteiger partial charge in [0.1, 0.15) is 19.0 Å². The Bertz CT molecular complexity index is 631. The SMILES string of the molecule is CC(C)c1ccc(COc2cccc(C#CCO)c2)cc1. The van der Waals surface area contributed by atoms with Crippen molar-refractivity contribution < 1.29 is 9.84 Å².